The summed E-state index contributed by atoms with van der Waals surface area (Å²) < 4.78 is 18.8. The number of para-hydroxylation sites is 1. The zero-order valence-corrected chi connectivity index (χ0v) is 10.7. The van der Waals surface area contributed by atoms with E-state index in [1.54, 1.807) is 12.1 Å². The van der Waals surface area contributed by atoms with Crippen LogP contribution >= 0.6 is 0 Å². The second-order valence-corrected chi connectivity index (χ2v) is 4.91. The van der Waals surface area contributed by atoms with E-state index in [0.717, 1.165) is 0 Å². The van der Waals surface area contributed by atoms with E-state index in [1.807, 2.05) is 12.2 Å². The average molecular weight is 275 g/mol. The van der Waals surface area contributed by atoms with Gasteiger partial charge in [-0.1, -0.05) is 24.3 Å². The van der Waals surface area contributed by atoms with Gasteiger partial charge in [0.05, 0.1) is 0 Å². The van der Waals surface area contributed by atoms with Crippen LogP contribution in [0.15, 0.2) is 40.8 Å². The van der Waals surface area contributed by atoms with Crippen LogP contribution in [0.3, 0.4) is 0 Å². The number of aliphatic hydroxyl groups excluding tert-OH is 1. The third kappa shape index (κ3) is 2.32. The number of nitrogens with one attached hydrogen (secondary N) is 1. The molecule has 2 aromatic rings. The van der Waals surface area contributed by atoms with Crippen LogP contribution in [0.1, 0.15) is 17.0 Å². The Bertz CT molecular complexity index is 677. The van der Waals surface area contributed by atoms with Gasteiger partial charge in [0.25, 0.3) is 5.91 Å². The van der Waals surface area contributed by atoms with Crippen molar-refractivity contribution in [2.75, 3.05) is 6.61 Å². The Labute approximate surface area is 114 Å². The van der Waals surface area contributed by atoms with Gasteiger partial charge >= 0.3 is 0 Å². The molecule has 0 fully saturated rings. The fourth-order valence-corrected chi connectivity index (χ4v) is 2.40. The Morgan fingerprint density at radius 2 is 2.30 bits per heavy atom. The van der Waals surface area contributed by atoms with E-state index in [4.69, 9.17) is 9.52 Å². The maximum absolute atomic E-state index is 13.5. The minimum atomic E-state index is -0.484. The van der Waals surface area contributed by atoms with Crippen molar-refractivity contribution in [1.82, 2.24) is 5.32 Å². The van der Waals surface area contributed by atoms with Crippen molar-refractivity contribution in [3.8, 4) is 0 Å². The van der Waals surface area contributed by atoms with Crippen molar-refractivity contribution in [2.45, 2.75) is 12.5 Å². The predicted molar refractivity (Wildman–Crippen MR) is 71.8 cm³/mol. The summed E-state index contributed by atoms with van der Waals surface area (Å²) in [5.41, 5.74) is 0.0906. The number of benzene rings is 1. The lowest BCUT2D eigenvalue weighted by Crippen LogP contribution is -2.32. The molecule has 1 aromatic heterocycles. The minimum absolute atomic E-state index is 0.0682. The lowest BCUT2D eigenvalue weighted by molar-refractivity contribution is 0.0915. The number of rotatable bonds is 3. The van der Waals surface area contributed by atoms with Gasteiger partial charge in [0.15, 0.2) is 17.2 Å². The molecule has 0 bridgehead atoms. The SMILES string of the molecule is O=C(N[C@@H]1C=C[C@H](CO)C1)c1cc2cccc(F)c2o1. The molecule has 4 nitrogen and oxygen atoms in total. The number of furan rings is 1. The molecule has 3 rings (SSSR count). The van der Waals surface area contributed by atoms with Crippen molar-refractivity contribution < 1.29 is 18.7 Å². The standard InChI is InChI=1S/C15H14FNO3/c16-12-3-1-2-10-7-13(20-14(10)12)15(19)17-11-5-4-9(6-11)8-18/h1-5,7,9,11,18H,6,8H2,(H,17,19)/t9-,11+/m0/s1. The molecule has 1 aliphatic carbocycles. The summed E-state index contributed by atoms with van der Waals surface area (Å²) in [6.45, 7) is 0.0682. The minimum Gasteiger partial charge on any atom is -0.448 e. The zero-order valence-electron chi connectivity index (χ0n) is 10.7. The molecule has 0 aliphatic heterocycles. The number of amides is 1. The second-order valence-electron chi connectivity index (χ2n) is 4.91. The highest BCUT2D eigenvalue weighted by Crippen LogP contribution is 2.23. The van der Waals surface area contributed by atoms with Crippen molar-refractivity contribution in [3.05, 3.63) is 48.0 Å². The van der Waals surface area contributed by atoms with E-state index in [1.165, 1.54) is 12.1 Å². The first-order chi connectivity index (χ1) is 9.67. The lowest BCUT2D eigenvalue weighted by Gasteiger charge is -2.11. The Hall–Kier alpha value is -2.14. The number of aliphatic hydroxyl groups is 1. The van der Waals surface area contributed by atoms with E-state index in [2.05, 4.69) is 5.32 Å². The molecule has 0 saturated heterocycles. The molecule has 20 heavy (non-hydrogen) atoms. The molecule has 2 atom stereocenters. The summed E-state index contributed by atoms with van der Waals surface area (Å²) in [5.74, 6) is -0.698. The van der Waals surface area contributed by atoms with Crippen molar-refractivity contribution in [3.63, 3.8) is 0 Å². The molecule has 2 N–H and O–H groups in total. The molecule has 104 valence electrons. The number of halogens is 1. The van der Waals surface area contributed by atoms with Crippen LogP contribution < -0.4 is 5.32 Å². The molecule has 0 unspecified atom stereocenters. The second kappa shape index (κ2) is 5.09. The van der Waals surface area contributed by atoms with Crippen molar-refractivity contribution in [2.24, 2.45) is 5.92 Å². The first-order valence-electron chi connectivity index (χ1n) is 6.45. The summed E-state index contributed by atoms with van der Waals surface area (Å²) >= 11 is 0. The highest BCUT2D eigenvalue weighted by molar-refractivity contribution is 5.96. The predicted octanol–water partition coefficient (Wildman–Crippen LogP) is 2.24. The summed E-state index contributed by atoms with van der Waals surface area (Å²) in [6, 6.07) is 5.95. The fraction of sp³-hybridized carbons (Fsp3) is 0.267. The molecule has 1 aliphatic rings. The normalized spacial score (nSPS) is 21.5. The molecular formula is C15H14FNO3. The number of hydrogen-bond acceptors (Lipinski definition) is 3. The molecule has 1 amide bonds. The van der Waals surface area contributed by atoms with E-state index < -0.39 is 5.82 Å². The zero-order chi connectivity index (χ0) is 14.1. The smallest absolute Gasteiger partial charge is 0.287 e. The summed E-state index contributed by atoms with van der Waals surface area (Å²) in [7, 11) is 0. The third-order valence-electron chi connectivity index (χ3n) is 3.44. The van der Waals surface area contributed by atoms with Crippen LogP contribution in [0.2, 0.25) is 0 Å². The fourth-order valence-electron chi connectivity index (χ4n) is 2.40. The Morgan fingerprint density at radius 3 is 3.00 bits per heavy atom. The van der Waals surface area contributed by atoms with Crippen LogP contribution in [0.5, 0.6) is 0 Å². The van der Waals surface area contributed by atoms with Crippen LogP contribution in [0.25, 0.3) is 11.0 Å². The van der Waals surface area contributed by atoms with Crippen LogP contribution in [-0.4, -0.2) is 23.7 Å². The van der Waals surface area contributed by atoms with Gasteiger partial charge in [-0.15, -0.1) is 0 Å². The maximum atomic E-state index is 13.5. The highest BCUT2D eigenvalue weighted by Gasteiger charge is 2.22. The van der Waals surface area contributed by atoms with E-state index in [-0.39, 0.29) is 35.8 Å². The largest absolute Gasteiger partial charge is 0.448 e. The van der Waals surface area contributed by atoms with Crippen LogP contribution in [0, 0.1) is 11.7 Å². The Balaban J connectivity index is 1.76. The van der Waals surface area contributed by atoms with Gasteiger partial charge in [-0.2, -0.15) is 0 Å². The van der Waals surface area contributed by atoms with E-state index in [0.29, 0.717) is 11.8 Å². The summed E-state index contributed by atoms with van der Waals surface area (Å²) in [6.07, 6.45) is 4.39. The summed E-state index contributed by atoms with van der Waals surface area (Å²) in [4.78, 5) is 12.1. The average Bonchev–Trinajstić information content (AvgIpc) is 3.05. The Morgan fingerprint density at radius 1 is 1.45 bits per heavy atom. The van der Waals surface area contributed by atoms with Crippen molar-refractivity contribution in [1.29, 1.82) is 0 Å². The quantitative estimate of drug-likeness (QED) is 0.844. The summed E-state index contributed by atoms with van der Waals surface area (Å²) in [5, 5.41) is 12.4. The molecule has 1 heterocycles. The number of hydrogen-bond donors (Lipinski definition) is 2. The molecule has 5 heteroatoms. The number of carbonyl (C=O) groups is 1. The molecule has 1 aromatic carbocycles. The van der Waals surface area contributed by atoms with E-state index in [9.17, 15) is 9.18 Å². The van der Waals surface area contributed by atoms with Gasteiger partial charge in [0.2, 0.25) is 0 Å². The number of carbonyl (C=O) groups excluding carboxylic acids is 1. The van der Waals surface area contributed by atoms with Crippen LogP contribution in [0.4, 0.5) is 4.39 Å². The topological polar surface area (TPSA) is 62.5 Å². The monoisotopic (exact) mass is 275 g/mol. The van der Waals surface area contributed by atoms with E-state index >= 15 is 0 Å². The third-order valence-corrected chi connectivity index (χ3v) is 3.44. The van der Waals surface area contributed by atoms with Gasteiger partial charge in [-0.3, -0.25) is 4.79 Å². The maximum Gasteiger partial charge on any atom is 0.287 e. The molecule has 0 radical (unpaired) electrons. The molecule has 0 spiro atoms. The van der Waals surface area contributed by atoms with Gasteiger partial charge in [-0.25, -0.2) is 4.39 Å². The van der Waals surface area contributed by atoms with Gasteiger partial charge in [0.1, 0.15) is 0 Å². The highest BCUT2D eigenvalue weighted by atomic mass is 19.1. The van der Waals surface area contributed by atoms with Crippen LogP contribution in [-0.2, 0) is 0 Å². The molecular weight excluding hydrogens is 261 g/mol. The van der Waals surface area contributed by atoms with Gasteiger partial charge in [0, 0.05) is 24.0 Å². The first kappa shape index (κ1) is 12.9. The lowest BCUT2D eigenvalue weighted by atomic mass is 10.1. The molecule has 0 saturated carbocycles. The number of fused-ring (bicyclic) bond motifs is 1. The Kier molecular flexibility index (Phi) is 3.28. The van der Waals surface area contributed by atoms with Gasteiger partial charge < -0.3 is 14.8 Å². The van der Waals surface area contributed by atoms with Crippen molar-refractivity contribution >= 4 is 16.9 Å². The van der Waals surface area contributed by atoms with Gasteiger partial charge in [-0.05, 0) is 18.6 Å². The first-order valence-corrected chi connectivity index (χ1v) is 6.45.